The molecular weight excluding hydrogens is 433 g/mol. The molecule has 1 N–H and O–H groups in total. The summed E-state index contributed by atoms with van der Waals surface area (Å²) in [5.41, 5.74) is 3.67. The number of carbonyl (C=O) groups excluding carboxylic acids is 1. The van der Waals surface area contributed by atoms with Gasteiger partial charge in [0.05, 0.1) is 11.3 Å². The molecule has 0 aliphatic heterocycles. The Morgan fingerprint density at radius 1 is 1.23 bits per heavy atom. The number of aromatic nitrogens is 2. The summed E-state index contributed by atoms with van der Waals surface area (Å²) in [6.07, 6.45) is 0. The van der Waals surface area contributed by atoms with E-state index in [9.17, 15) is 14.0 Å². The second-order valence-corrected chi connectivity index (χ2v) is 8.76. The summed E-state index contributed by atoms with van der Waals surface area (Å²) in [5, 5.41) is 5.24. The molecule has 0 unspecified atom stereocenters. The summed E-state index contributed by atoms with van der Waals surface area (Å²) in [7, 11) is 0. The Balaban J connectivity index is 1.62. The Kier molecular flexibility index (Phi) is 6.20. The van der Waals surface area contributed by atoms with Crippen LogP contribution in [-0.2, 0) is 11.3 Å². The van der Waals surface area contributed by atoms with Crippen LogP contribution in [0.25, 0.3) is 21.3 Å². The molecule has 2 aromatic carbocycles. The molecule has 0 fully saturated rings. The molecule has 2 heterocycles. The van der Waals surface area contributed by atoms with Gasteiger partial charge in [0, 0.05) is 23.2 Å². The van der Waals surface area contributed by atoms with E-state index in [-0.39, 0.29) is 23.0 Å². The molecule has 31 heavy (non-hydrogen) atoms. The van der Waals surface area contributed by atoms with Gasteiger partial charge in [-0.05, 0) is 43.2 Å². The average molecular weight is 454 g/mol. The second kappa shape index (κ2) is 9.03. The van der Waals surface area contributed by atoms with Gasteiger partial charge in [0.1, 0.15) is 10.5 Å². The summed E-state index contributed by atoms with van der Waals surface area (Å²) < 4.78 is 15.5. The number of thioether (sulfide) groups is 1. The minimum atomic E-state index is -0.348. The zero-order valence-corrected chi connectivity index (χ0v) is 18.6. The Labute approximate surface area is 187 Å². The maximum Gasteiger partial charge on any atom is 0.272 e. The first-order valence-electron chi connectivity index (χ1n) is 9.74. The number of hydrogen-bond donors (Lipinski definition) is 1. The number of anilines is 1. The van der Waals surface area contributed by atoms with Crippen LogP contribution in [0.4, 0.5) is 10.1 Å². The van der Waals surface area contributed by atoms with Gasteiger partial charge in [-0.25, -0.2) is 9.37 Å². The second-order valence-electron chi connectivity index (χ2n) is 6.93. The van der Waals surface area contributed by atoms with Crippen molar-refractivity contribution in [3.63, 3.8) is 0 Å². The Morgan fingerprint density at radius 3 is 2.71 bits per heavy atom. The van der Waals surface area contributed by atoms with Crippen molar-refractivity contribution < 1.29 is 9.18 Å². The van der Waals surface area contributed by atoms with Crippen molar-refractivity contribution >= 4 is 44.9 Å². The number of amides is 1. The minimum Gasteiger partial charge on any atom is -0.325 e. The highest BCUT2D eigenvalue weighted by Gasteiger charge is 2.17. The van der Waals surface area contributed by atoms with Gasteiger partial charge in [-0.1, -0.05) is 42.1 Å². The first-order valence-corrected chi connectivity index (χ1v) is 11.6. The lowest BCUT2D eigenvalue weighted by molar-refractivity contribution is -0.113. The molecule has 1 amide bonds. The van der Waals surface area contributed by atoms with Crippen LogP contribution in [0.2, 0.25) is 0 Å². The molecule has 0 radical (unpaired) electrons. The first-order chi connectivity index (χ1) is 15.0. The van der Waals surface area contributed by atoms with Crippen molar-refractivity contribution in [2.75, 3.05) is 11.1 Å². The predicted octanol–water partition coefficient (Wildman–Crippen LogP) is 5.32. The zero-order valence-electron chi connectivity index (χ0n) is 17.0. The van der Waals surface area contributed by atoms with Crippen molar-refractivity contribution in [3.05, 3.63) is 75.6 Å². The lowest BCUT2D eigenvalue weighted by Crippen LogP contribution is -2.23. The fourth-order valence-corrected chi connectivity index (χ4v) is 5.09. The molecule has 0 bridgehead atoms. The molecule has 0 spiro atoms. The summed E-state index contributed by atoms with van der Waals surface area (Å²) in [5.74, 6) is -0.510. The third-order valence-electron chi connectivity index (χ3n) is 4.84. The highest BCUT2D eigenvalue weighted by atomic mass is 32.2. The number of fused-ring (bicyclic) bond motifs is 1. The van der Waals surface area contributed by atoms with Crippen LogP contribution in [0.3, 0.4) is 0 Å². The Bertz CT molecular complexity index is 1320. The van der Waals surface area contributed by atoms with Gasteiger partial charge in [0.15, 0.2) is 5.16 Å². The summed E-state index contributed by atoms with van der Waals surface area (Å²) >= 11 is 2.60. The number of rotatable bonds is 6. The van der Waals surface area contributed by atoms with Gasteiger partial charge in [0.25, 0.3) is 5.56 Å². The molecule has 158 valence electrons. The molecule has 0 saturated heterocycles. The smallest absolute Gasteiger partial charge is 0.272 e. The molecule has 5 nitrogen and oxygen atoms in total. The number of carbonyl (C=O) groups is 1. The number of benzene rings is 2. The minimum absolute atomic E-state index is 0.0829. The number of aryl methyl sites for hydroxylation is 1. The lowest BCUT2D eigenvalue weighted by Gasteiger charge is -2.11. The van der Waals surface area contributed by atoms with Crippen LogP contribution in [-0.4, -0.2) is 21.2 Å². The molecule has 0 aliphatic carbocycles. The van der Waals surface area contributed by atoms with Gasteiger partial charge in [-0.2, -0.15) is 0 Å². The SMILES string of the molecule is CCn1c(SCC(=O)Nc2ccc(F)cc2C)nc2c(-c3ccccc3)csc2c1=O. The van der Waals surface area contributed by atoms with E-state index in [0.717, 1.165) is 11.1 Å². The number of nitrogens with one attached hydrogen (secondary N) is 1. The fourth-order valence-electron chi connectivity index (χ4n) is 3.28. The molecule has 0 aliphatic rings. The van der Waals surface area contributed by atoms with E-state index < -0.39 is 0 Å². The summed E-state index contributed by atoms with van der Waals surface area (Å²) in [4.78, 5) is 30.2. The fraction of sp³-hybridized carbons (Fsp3) is 0.174. The van der Waals surface area contributed by atoms with Crippen LogP contribution < -0.4 is 10.9 Å². The average Bonchev–Trinajstić information content (AvgIpc) is 3.19. The van der Waals surface area contributed by atoms with E-state index >= 15 is 0 Å². The molecule has 2 aromatic heterocycles. The topological polar surface area (TPSA) is 64.0 Å². The van der Waals surface area contributed by atoms with Crippen LogP contribution >= 0.6 is 23.1 Å². The monoisotopic (exact) mass is 453 g/mol. The number of nitrogens with zero attached hydrogens (tertiary/aromatic N) is 2. The largest absolute Gasteiger partial charge is 0.325 e. The number of hydrogen-bond acceptors (Lipinski definition) is 5. The molecule has 4 rings (SSSR count). The third-order valence-corrected chi connectivity index (χ3v) is 6.77. The molecular formula is C23H20FN3O2S2. The Morgan fingerprint density at radius 2 is 2.00 bits per heavy atom. The number of thiophene rings is 1. The van der Waals surface area contributed by atoms with Crippen LogP contribution in [0, 0.1) is 12.7 Å². The zero-order chi connectivity index (χ0) is 22.0. The van der Waals surface area contributed by atoms with E-state index in [1.54, 1.807) is 11.5 Å². The standard InChI is InChI=1S/C23H20FN3O2S2/c1-3-27-22(29)21-20(17(12-30-21)15-7-5-4-6-8-15)26-23(27)31-13-19(28)25-18-10-9-16(24)11-14(18)2/h4-12H,3,13H2,1-2H3,(H,25,28). The van der Waals surface area contributed by atoms with Gasteiger partial charge >= 0.3 is 0 Å². The van der Waals surface area contributed by atoms with Crippen molar-refractivity contribution in [1.29, 1.82) is 0 Å². The molecule has 8 heteroatoms. The maximum absolute atomic E-state index is 13.3. The van der Waals surface area contributed by atoms with E-state index in [1.165, 1.54) is 41.3 Å². The highest BCUT2D eigenvalue weighted by molar-refractivity contribution is 7.99. The van der Waals surface area contributed by atoms with Crippen LogP contribution in [0.5, 0.6) is 0 Å². The predicted molar refractivity (Wildman–Crippen MR) is 125 cm³/mol. The van der Waals surface area contributed by atoms with E-state index in [1.807, 2.05) is 42.6 Å². The van der Waals surface area contributed by atoms with Gasteiger partial charge in [0.2, 0.25) is 5.91 Å². The Hall–Kier alpha value is -2.97. The third kappa shape index (κ3) is 4.40. The summed E-state index contributed by atoms with van der Waals surface area (Å²) in [6.45, 7) is 4.08. The van der Waals surface area contributed by atoms with E-state index in [4.69, 9.17) is 4.98 Å². The van der Waals surface area contributed by atoms with Crippen LogP contribution in [0.15, 0.2) is 63.9 Å². The van der Waals surface area contributed by atoms with Crippen molar-refractivity contribution in [3.8, 4) is 11.1 Å². The van der Waals surface area contributed by atoms with Gasteiger partial charge < -0.3 is 5.32 Å². The molecule has 0 saturated carbocycles. The molecule has 0 atom stereocenters. The normalized spacial score (nSPS) is 11.1. The quantitative estimate of drug-likeness (QED) is 0.317. The van der Waals surface area contributed by atoms with Crippen molar-refractivity contribution in [2.45, 2.75) is 25.5 Å². The van der Waals surface area contributed by atoms with Gasteiger partial charge in [-0.3, -0.25) is 14.2 Å². The highest BCUT2D eigenvalue weighted by Crippen LogP contribution is 2.32. The van der Waals surface area contributed by atoms with Crippen LogP contribution in [0.1, 0.15) is 12.5 Å². The summed E-state index contributed by atoms with van der Waals surface area (Å²) in [6, 6.07) is 14.0. The van der Waals surface area contributed by atoms with Crippen molar-refractivity contribution in [2.24, 2.45) is 0 Å². The van der Waals surface area contributed by atoms with E-state index in [0.29, 0.717) is 33.2 Å². The lowest BCUT2D eigenvalue weighted by atomic mass is 10.1. The van der Waals surface area contributed by atoms with E-state index in [2.05, 4.69) is 5.32 Å². The van der Waals surface area contributed by atoms with Crippen molar-refractivity contribution in [1.82, 2.24) is 9.55 Å². The van der Waals surface area contributed by atoms with Gasteiger partial charge in [-0.15, -0.1) is 11.3 Å². The number of halogens is 1. The maximum atomic E-state index is 13.3. The first kappa shape index (κ1) is 21.3. The molecule has 4 aromatic rings.